The van der Waals surface area contributed by atoms with Gasteiger partial charge in [-0.25, -0.2) is 15.0 Å². The SMILES string of the molecule is CCOc1cc(C(=O)Nc2cc(C(F)(F)F)ccn2)ccc1-c1nc([C@@]2(C(=O)[C@@H](C)O)CC[C@H](C)NC2)n2c(Cl)cnc(N)c12. The minimum atomic E-state index is -4.61. The van der Waals surface area contributed by atoms with Gasteiger partial charge in [0.25, 0.3) is 5.91 Å². The summed E-state index contributed by atoms with van der Waals surface area (Å²) in [6.45, 7) is 5.51. The maximum atomic E-state index is 13.7. The third kappa shape index (κ3) is 6.04. The van der Waals surface area contributed by atoms with Crippen molar-refractivity contribution in [2.45, 2.75) is 57.3 Å². The van der Waals surface area contributed by atoms with Crippen molar-refractivity contribution < 1.29 is 32.6 Å². The Kier molecular flexibility index (Phi) is 8.75. The summed E-state index contributed by atoms with van der Waals surface area (Å²) in [6, 6.07) is 6.08. The molecule has 1 amide bonds. The van der Waals surface area contributed by atoms with E-state index in [0.29, 0.717) is 23.9 Å². The molecule has 1 saturated heterocycles. The summed E-state index contributed by atoms with van der Waals surface area (Å²) in [5, 5.41) is 16.3. The molecule has 5 N–H and O–H groups in total. The third-order valence-electron chi connectivity index (χ3n) is 7.81. The van der Waals surface area contributed by atoms with Gasteiger partial charge >= 0.3 is 6.18 Å². The lowest BCUT2D eigenvalue weighted by molar-refractivity contribution is -0.137. The molecule has 1 aliphatic rings. The summed E-state index contributed by atoms with van der Waals surface area (Å²) in [7, 11) is 0. The lowest BCUT2D eigenvalue weighted by Gasteiger charge is -2.38. The number of hydrogen-bond donors (Lipinski definition) is 4. The van der Waals surface area contributed by atoms with Crippen LogP contribution in [0.4, 0.5) is 24.8 Å². The number of rotatable bonds is 8. The Balaban J connectivity index is 1.64. The van der Waals surface area contributed by atoms with Crippen LogP contribution in [0.25, 0.3) is 16.8 Å². The Morgan fingerprint density at radius 2 is 2.04 bits per heavy atom. The van der Waals surface area contributed by atoms with Crippen molar-refractivity contribution >= 4 is 40.4 Å². The van der Waals surface area contributed by atoms with Gasteiger partial charge in [-0.05, 0) is 63.9 Å². The first-order valence-corrected chi connectivity index (χ1v) is 14.5. The van der Waals surface area contributed by atoms with E-state index in [1.807, 2.05) is 6.92 Å². The minimum Gasteiger partial charge on any atom is -0.493 e. The molecule has 238 valence electrons. The minimum absolute atomic E-state index is 0.0600. The average molecular weight is 646 g/mol. The van der Waals surface area contributed by atoms with Gasteiger partial charge < -0.3 is 26.2 Å². The molecule has 4 heterocycles. The highest BCUT2D eigenvalue weighted by Gasteiger charge is 2.48. The molecule has 0 aliphatic carbocycles. The Bertz CT molecular complexity index is 1770. The Morgan fingerprint density at radius 3 is 2.69 bits per heavy atom. The van der Waals surface area contributed by atoms with Crippen molar-refractivity contribution in [2.75, 3.05) is 24.2 Å². The number of aliphatic hydroxyl groups excluding tert-OH is 1. The lowest BCUT2D eigenvalue weighted by atomic mass is 9.73. The van der Waals surface area contributed by atoms with E-state index < -0.39 is 34.9 Å². The largest absolute Gasteiger partial charge is 0.493 e. The van der Waals surface area contributed by atoms with Crippen molar-refractivity contribution in [1.82, 2.24) is 24.7 Å². The van der Waals surface area contributed by atoms with Gasteiger partial charge in [0.15, 0.2) is 5.78 Å². The highest BCUT2D eigenvalue weighted by atomic mass is 35.5. The standard InChI is InChI=1S/C30H31ClF3N7O4/c1-4-45-20-11-17(27(44)39-22-12-18(8-10-36-22)30(32,33)34)5-6-19(20)23-24-26(35)37-13-21(31)41(24)28(40-23)29(25(43)16(3)42)9-7-15(2)38-14-29/h5-6,8,10-13,15-16,38,42H,4,7,9,14H2,1-3H3,(H2,35,37)(H,36,39,44)/t15-,16+,29-/m0/s1. The molecule has 11 nitrogen and oxygen atoms in total. The number of nitrogens with one attached hydrogen (secondary N) is 2. The summed E-state index contributed by atoms with van der Waals surface area (Å²) < 4.78 is 46.9. The van der Waals surface area contributed by atoms with E-state index in [-0.39, 0.29) is 58.8 Å². The molecule has 4 aromatic rings. The number of carbonyl (C=O) groups excluding carboxylic acids is 2. The Morgan fingerprint density at radius 1 is 1.29 bits per heavy atom. The first-order chi connectivity index (χ1) is 21.3. The second-order valence-corrected chi connectivity index (χ2v) is 11.3. The van der Waals surface area contributed by atoms with Crippen LogP contribution in [0, 0.1) is 0 Å². The van der Waals surface area contributed by atoms with Crippen molar-refractivity contribution in [2.24, 2.45) is 0 Å². The number of ketones is 1. The molecule has 0 spiro atoms. The molecule has 15 heteroatoms. The Labute approximate surface area is 261 Å². The number of benzene rings is 1. The van der Waals surface area contributed by atoms with Crippen molar-refractivity contribution in [3.63, 3.8) is 0 Å². The molecule has 0 unspecified atom stereocenters. The van der Waals surface area contributed by atoms with Gasteiger partial charge in [0, 0.05) is 29.9 Å². The molecule has 1 aliphatic heterocycles. The number of alkyl halides is 3. The zero-order valence-corrected chi connectivity index (χ0v) is 25.3. The summed E-state index contributed by atoms with van der Waals surface area (Å²) in [5.74, 6) is -0.913. The first-order valence-electron chi connectivity index (χ1n) is 14.2. The molecule has 3 atom stereocenters. The van der Waals surface area contributed by atoms with Crippen LogP contribution < -0.4 is 21.1 Å². The van der Waals surface area contributed by atoms with E-state index in [2.05, 4.69) is 20.6 Å². The Hall–Kier alpha value is -4.27. The number of imidazole rings is 1. The summed E-state index contributed by atoms with van der Waals surface area (Å²) >= 11 is 6.66. The van der Waals surface area contributed by atoms with Crippen LogP contribution in [0.2, 0.25) is 5.15 Å². The topological polar surface area (TPSA) is 157 Å². The predicted octanol–water partition coefficient (Wildman–Crippen LogP) is 4.66. The number of pyridine rings is 1. The second-order valence-electron chi connectivity index (χ2n) is 10.9. The zero-order valence-electron chi connectivity index (χ0n) is 24.6. The van der Waals surface area contributed by atoms with E-state index >= 15 is 0 Å². The van der Waals surface area contributed by atoms with Gasteiger partial charge in [0.2, 0.25) is 0 Å². The number of hydrogen-bond acceptors (Lipinski definition) is 9. The number of piperidine rings is 1. The molecule has 45 heavy (non-hydrogen) atoms. The highest BCUT2D eigenvalue weighted by molar-refractivity contribution is 6.30. The van der Waals surface area contributed by atoms with Crippen molar-refractivity contribution in [3.05, 3.63) is 64.8 Å². The molecule has 0 radical (unpaired) electrons. The van der Waals surface area contributed by atoms with Crippen LogP contribution in [0.1, 0.15) is 55.4 Å². The van der Waals surface area contributed by atoms with Gasteiger partial charge in [0.05, 0.1) is 18.4 Å². The maximum Gasteiger partial charge on any atom is 0.416 e. The van der Waals surface area contributed by atoms with Crippen LogP contribution in [-0.2, 0) is 16.4 Å². The molecule has 3 aromatic heterocycles. The molecule has 1 fully saturated rings. The fourth-order valence-electron chi connectivity index (χ4n) is 5.53. The lowest BCUT2D eigenvalue weighted by Crippen LogP contribution is -2.55. The predicted molar refractivity (Wildman–Crippen MR) is 161 cm³/mol. The molecule has 1 aromatic carbocycles. The van der Waals surface area contributed by atoms with Gasteiger partial charge in [-0.15, -0.1) is 0 Å². The molecule has 0 bridgehead atoms. The summed E-state index contributed by atoms with van der Waals surface area (Å²) in [6.07, 6.45) is -2.61. The number of halogens is 4. The van der Waals surface area contributed by atoms with E-state index in [1.165, 1.54) is 25.3 Å². The number of ether oxygens (including phenoxy) is 1. The maximum absolute atomic E-state index is 13.7. The second kappa shape index (κ2) is 12.3. The molecule has 5 rings (SSSR count). The summed E-state index contributed by atoms with van der Waals surface area (Å²) in [4.78, 5) is 39.7. The van der Waals surface area contributed by atoms with Crippen LogP contribution in [-0.4, -0.2) is 61.4 Å². The quantitative estimate of drug-likeness (QED) is 0.214. The monoisotopic (exact) mass is 645 g/mol. The van der Waals surface area contributed by atoms with Crippen LogP contribution in [0.3, 0.4) is 0 Å². The number of aliphatic hydroxyl groups is 1. The van der Waals surface area contributed by atoms with Gasteiger partial charge in [0.1, 0.15) is 51.1 Å². The van der Waals surface area contributed by atoms with Gasteiger partial charge in [-0.1, -0.05) is 11.6 Å². The van der Waals surface area contributed by atoms with Gasteiger partial charge in [-0.3, -0.25) is 14.0 Å². The number of fused-ring (bicyclic) bond motifs is 1. The normalized spacial score (nSPS) is 19.3. The number of aromatic nitrogens is 4. The zero-order chi connectivity index (χ0) is 32.7. The number of carbonyl (C=O) groups is 2. The molecular formula is C30H31ClF3N7O4. The van der Waals surface area contributed by atoms with E-state index in [1.54, 1.807) is 17.4 Å². The third-order valence-corrected chi connectivity index (χ3v) is 8.07. The smallest absolute Gasteiger partial charge is 0.416 e. The first kappa shape index (κ1) is 32.1. The summed E-state index contributed by atoms with van der Waals surface area (Å²) in [5.41, 5.74) is 5.17. The number of anilines is 2. The average Bonchev–Trinajstić information content (AvgIpc) is 3.41. The van der Waals surface area contributed by atoms with E-state index in [4.69, 9.17) is 27.1 Å². The molecule has 0 saturated carbocycles. The van der Waals surface area contributed by atoms with Gasteiger partial charge in [-0.2, -0.15) is 13.2 Å². The fourth-order valence-corrected chi connectivity index (χ4v) is 5.74. The highest BCUT2D eigenvalue weighted by Crippen LogP contribution is 2.42. The van der Waals surface area contributed by atoms with E-state index in [0.717, 1.165) is 18.3 Å². The van der Waals surface area contributed by atoms with Crippen molar-refractivity contribution in [1.29, 1.82) is 0 Å². The number of Topliss-reactive ketones (excluding diaryl/α,β-unsaturated/α-hetero) is 1. The van der Waals surface area contributed by atoms with E-state index in [9.17, 15) is 27.9 Å². The van der Waals surface area contributed by atoms with Crippen LogP contribution in [0.5, 0.6) is 5.75 Å². The van der Waals surface area contributed by atoms with Crippen molar-refractivity contribution in [3.8, 4) is 17.0 Å². The number of nitrogens with zero attached hydrogens (tertiary/aromatic N) is 4. The number of nitrogen functional groups attached to an aromatic ring is 1. The molecular weight excluding hydrogens is 615 g/mol. The number of nitrogens with two attached hydrogens (primary N) is 1. The van der Waals surface area contributed by atoms with Crippen LogP contribution in [0.15, 0.2) is 42.7 Å². The number of amides is 1. The fraction of sp³-hybridized carbons (Fsp3) is 0.367. The van der Waals surface area contributed by atoms with Crippen LogP contribution >= 0.6 is 11.6 Å².